The number of aliphatic hydroxyl groups excluding tert-OH is 1. The van der Waals surface area contributed by atoms with Gasteiger partial charge in [-0.15, -0.1) is 0 Å². The Hall–Kier alpha value is -1.84. The van der Waals surface area contributed by atoms with Crippen LogP contribution in [0, 0.1) is 0 Å². The maximum Gasteiger partial charge on any atom is 0.119 e. The summed E-state index contributed by atoms with van der Waals surface area (Å²) in [6.45, 7) is 1.70. The molecule has 0 aliphatic heterocycles. The van der Waals surface area contributed by atoms with Gasteiger partial charge in [0.15, 0.2) is 0 Å². The highest BCUT2D eigenvalue weighted by Gasteiger charge is 2.04. The molecule has 3 heteroatoms. The first-order valence-corrected chi connectivity index (χ1v) is 6.95. The number of para-hydroxylation sites is 1. The molecule has 106 valence electrons. The first kappa shape index (κ1) is 14.6. The van der Waals surface area contributed by atoms with E-state index in [1.807, 2.05) is 48.5 Å². The number of hydrogen-bond acceptors (Lipinski definition) is 3. The Kier molecular flexibility index (Phi) is 6.08. The topological polar surface area (TPSA) is 41.5 Å². The minimum absolute atomic E-state index is 0.308. The van der Waals surface area contributed by atoms with Gasteiger partial charge in [0.05, 0.1) is 0 Å². The van der Waals surface area contributed by atoms with Gasteiger partial charge >= 0.3 is 0 Å². The van der Waals surface area contributed by atoms with Crippen LogP contribution in [0.5, 0.6) is 5.75 Å². The van der Waals surface area contributed by atoms with E-state index in [4.69, 9.17) is 4.74 Å². The van der Waals surface area contributed by atoms with Gasteiger partial charge in [-0.2, -0.15) is 0 Å². The molecule has 0 aromatic heterocycles. The lowest BCUT2D eigenvalue weighted by Gasteiger charge is -2.13. The molecule has 0 saturated carbocycles. The van der Waals surface area contributed by atoms with Crippen LogP contribution in [0.1, 0.15) is 5.56 Å². The molecule has 2 aromatic rings. The molecule has 0 radical (unpaired) electrons. The summed E-state index contributed by atoms with van der Waals surface area (Å²) in [7, 11) is 0. The fraction of sp³-hybridized carbons (Fsp3) is 0.294. The van der Waals surface area contributed by atoms with Crippen LogP contribution in [-0.2, 0) is 6.42 Å². The van der Waals surface area contributed by atoms with E-state index in [0.29, 0.717) is 13.2 Å². The lowest BCUT2D eigenvalue weighted by atomic mass is 10.1. The van der Waals surface area contributed by atoms with Crippen molar-refractivity contribution in [3.63, 3.8) is 0 Å². The molecular formula is C17H21NO2. The third-order valence-electron chi connectivity index (χ3n) is 3.00. The predicted molar refractivity (Wildman–Crippen MR) is 81.0 cm³/mol. The SMILES string of the molecule is OC(CNCCc1ccccc1)COc1ccccc1. The number of aliphatic hydroxyl groups is 1. The van der Waals surface area contributed by atoms with Crippen molar-refractivity contribution in [2.45, 2.75) is 12.5 Å². The summed E-state index contributed by atoms with van der Waals surface area (Å²) in [6, 6.07) is 19.9. The Morgan fingerprint density at radius 2 is 1.60 bits per heavy atom. The van der Waals surface area contributed by atoms with E-state index in [9.17, 15) is 5.11 Å². The standard InChI is InChI=1S/C17H21NO2/c19-16(14-20-17-9-5-2-6-10-17)13-18-12-11-15-7-3-1-4-8-15/h1-10,16,18-19H,11-14H2. The zero-order chi connectivity index (χ0) is 14.0. The molecule has 0 spiro atoms. The first-order valence-electron chi connectivity index (χ1n) is 6.95. The molecule has 1 atom stereocenters. The van der Waals surface area contributed by atoms with Crippen molar-refractivity contribution in [1.82, 2.24) is 5.32 Å². The fourth-order valence-corrected chi connectivity index (χ4v) is 1.91. The fourth-order valence-electron chi connectivity index (χ4n) is 1.91. The molecule has 2 rings (SSSR count). The Morgan fingerprint density at radius 3 is 2.30 bits per heavy atom. The highest BCUT2D eigenvalue weighted by Crippen LogP contribution is 2.08. The van der Waals surface area contributed by atoms with Crippen molar-refractivity contribution in [2.24, 2.45) is 0 Å². The molecule has 0 amide bonds. The maximum atomic E-state index is 9.82. The number of rotatable bonds is 8. The van der Waals surface area contributed by atoms with Crippen molar-refractivity contribution in [2.75, 3.05) is 19.7 Å². The molecule has 20 heavy (non-hydrogen) atoms. The Bertz CT molecular complexity index is 473. The lowest BCUT2D eigenvalue weighted by molar-refractivity contribution is 0.106. The van der Waals surface area contributed by atoms with Crippen LogP contribution in [-0.4, -0.2) is 30.9 Å². The van der Waals surface area contributed by atoms with Gasteiger partial charge in [0.25, 0.3) is 0 Å². The molecule has 0 fully saturated rings. The zero-order valence-electron chi connectivity index (χ0n) is 11.5. The van der Waals surface area contributed by atoms with E-state index >= 15 is 0 Å². The lowest BCUT2D eigenvalue weighted by Crippen LogP contribution is -2.32. The molecule has 0 saturated heterocycles. The zero-order valence-corrected chi connectivity index (χ0v) is 11.5. The van der Waals surface area contributed by atoms with Crippen LogP contribution >= 0.6 is 0 Å². The van der Waals surface area contributed by atoms with Crippen LogP contribution in [0.15, 0.2) is 60.7 Å². The maximum absolute atomic E-state index is 9.82. The van der Waals surface area contributed by atoms with Gasteiger partial charge in [0, 0.05) is 6.54 Å². The summed E-state index contributed by atoms with van der Waals surface area (Å²) >= 11 is 0. The summed E-state index contributed by atoms with van der Waals surface area (Å²) < 4.78 is 5.49. The highest BCUT2D eigenvalue weighted by molar-refractivity contribution is 5.20. The first-order chi connectivity index (χ1) is 9.84. The van der Waals surface area contributed by atoms with Crippen LogP contribution in [0.25, 0.3) is 0 Å². The second kappa shape index (κ2) is 8.35. The molecular weight excluding hydrogens is 250 g/mol. The van der Waals surface area contributed by atoms with Crippen LogP contribution in [0.3, 0.4) is 0 Å². The van der Waals surface area contributed by atoms with Crippen LogP contribution in [0.4, 0.5) is 0 Å². The van der Waals surface area contributed by atoms with Gasteiger partial charge in [0.1, 0.15) is 18.5 Å². The molecule has 0 bridgehead atoms. The molecule has 2 N–H and O–H groups in total. The summed E-state index contributed by atoms with van der Waals surface area (Å²) in [5.74, 6) is 0.788. The summed E-state index contributed by atoms with van der Waals surface area (Å²) in [6.07, 6.45) is 0.471. The van der Waals surface area contributed by atoms with Crippen molar-refractivity contribution in [1.29, 1.82) is 0 Å². The highest BCUT2D eigenvalue weighted by atomic mass is 16.5. The molecule has 0 aliphatic rings. The van der Waals surface area contributed by atoms with Gasteiger partial charge in [-0.25, -0.2) is 0 Å². The third kappa shape index (κ3) is 5.43. The average Bonchev–Trinajstić information content (AvgIpc) is 2.52. The monoisotopic (exact) mass is 271 g/mol. The number of hydrogen-bond donors (Lipinski definition) is 2. The molecule has 1 unspecified atom stereocenters. The predicted octanol–water partition coefficient (Wildman–Crippen LogP) is 2.26. The Labute approximate surface area is 120 Å². The van der Waals surface area contributed by atoms with Crippen LogP contribution in [0.2, 0.25) is 0 Å². The van der Waals surface area contributed by atoms with E-state index in [-0.39, 0.29) is 0 Å². The molecule has 2 aromatic carbocycles. The second-order valence-corrected chi connectivity index (χ2v) is 4.72. The van der Waals surface area contributed by atoms with E-state index in [2.05, 4.69) is 17.4 Å². The largest absolute Gasteiger partial charge is 0.491 e. The molecule has 0 aliphatic carbocycles. The van der Waals surface area contributed by atoms with Gasteiger partial charge < -0.3 is 15.2 Å². The van der Waals surface area contributed by atoms with Crippen molar-refractivity contribution < 1.29 is 9.84 Å². The Morgan fingerprint density at radius 1 is 0.950 bits per heavy atom. The average molecular weight is 271 g/mol. The number of ether oxygens (including phenoxy) is 1. The van der Waals surface area contributed by atoms with E-state index < -0.39 is 6.10 Å². The van der Waals surface area contributed by atoms with E-state index in [1.165, 1.54) is 5.56 Å². The summed E-state index contributed by atoms with van der Waals surface area (Å²) in [5.41, 5.74) is 1.30. The third-order valence-corrected chi connectivity index (χ3v) is 3.00. The van der Waals surface area contributed by atoms with Crippen LogP contribution < -0.4 is 10.1 Å². The number of nitrogens with one attached hydrogen (secondary N) is 1. The normalized spacial score (nSPS) is 12.1. The van der Waals surface area contributed by atoms with Gasteiger partial charge in [-0.3, -0.25) is 0 Å². The molecule has 0 heterocycles. The van der Waals surface area contributed by atoms with E-state index in [0.717, 1.165) is 18.7 Å². The van der Waals surface area contributed by atoms with Crippen molar-refractivity contribution >= 4 is 0 Å². The number of benzene rings is 2. The molecule has 3 nitrogen and oxygen atoms in total. The van der Waals surface area contributed by atoms with E-state index in [1.54, 1.807) is 0 Å². The quantitative estimate of drug-likeness (QED) is 0.724. The smallest absolute Gasteiger partial charge is 0.119 e. The van der Waals surface area contributed by atoms with Gasteiger partial charge in [-0.1, -0.05) is 48.5 Å². The second-order valence-electron chi connectivity index (χ2n) is 4.72. The minimum Gasteiger partial charge on any atom is -0.491 e. The summed E-state index contributed by atoms with van der Waals surface area (Å²) in [5, 5.41) is 13.1. The van der Waals surface area contributed by atoms with Crippen molar-refractivity contribution in [3.05, 3.63) is 66.2 Å². The summed E-state index contributed by atoms with van der Waals surface area (Å²) in [4.78, 5) is 0. The van der Waals surface area contributed by atoms with Gasteiger partial charge in [0.2, 0.25) is 0 Å². The Balaban J connectivity index is 1.57. The van der Waals surface area contributed by atoms with Gasteiger partial charge in [-0.05, 0) is 30.7 Å². The minimum atomic E-state index is -0.494. The van der Waals surface area contributed by atoms with Crippen molar-refractivity contribution in [3.8, 4) is 5.75 Å².